The molecular formula is C15H26ClN5O. The first-order valence-electron chi connectivity index (χ1n) is 7.69. The average Bonchev–Trinajstić information content (AvgIpc) is 2.73. The van der Waals surface area contributed by atoms with Gasteiger partial charge in [-0.3, -0.25) is 4.68 Å². The van der Waals surface area contributed by atoms with Crippen molar-refractivity contribution in [3.05, 3.63) is 16.9 Å². The second kappa shape index (κ2) is 6.87. The number of urea groups is 1. The number of carbonyl (C=O) groups is 1. The lowest BCUT2D eigenvalue weighted by molar-refractivity contribution is 0.0599. The lowest BCUT2D eigenvalue weighted by Gasteiger charge is -2.45. The van der Waals surface area contributed by atoms with Crippen molar-refractivity contribution in [3.63, 3.8) is 0 Å². The first kappa shape index (κ1) is 17.1. The van der Waals surface area contributed by atoms with Gasteiger partial charge in [-0.2, -0.15) is 5.10 Å². The Morgan fingerprint density at radius 2 is 2.18 bits per heavy atom. The van der Waals surface area contributed by atoms with E-state index in [2.05, 4.69) is 41.5 Å². The van der Waals surface area contributed by atoms with Gasteiger partial charge in [0.15, 0.2) is 0 Å². The second-order valence-corrected chi connectivity index (χ2v) is 7.16. The van der Waals surface area contributed by atoms with Gasteiger partial charge in [-0.05, 0) is 31.8 Å². The first-order valence-corrected chi connectivity index (χ1v) is 8.07. The van der Waals surface area contributed by atoms with Crippen LogP contribution in [0, 0.1) is 5.41 Å². The van der Waals surface area contributed by atoms with Gasteiger partial charge in [-0.25, -0.2) is 4.79 Å². The van der Waals surface area contributed by atoms with Crippen LogP contribution in [-0.4, -0.2) is 46.9 Å². The number of hydrogen-bond acceptors (Lipinski definition) is 3. The molecule has 2 N–H and O–H groups in total. The van der Waals surface area contributed by atoms with Crippen molar-refractivity contribution in [2.75, 3.05) is 20.1 Å². The smallest absolute Gasteiger partial charge is 0.315 e. The molecule has 0 bridgehead atoms. The molecular weight excluding hydrogens is 302 g/mol. The Kier molecular flexibility index (Phi) is 5.34. The van der Waals surface area contributed by atoms with E-state index in [0.29, 0.717) is 29.8 Å². The summed E-state index contributed by atoms with van der Waals surface area (Å²) in [5, 5.41) is 10.5. The highest BCUT2D eigenvalue weighted by molar-refractivity contribution is 6.31. The number of likely N-dealkylation sites (N-methyl/N-ethyl adjacent to an activating group) is 1. The van der Waals surface area contributed by atoms with Crippen LogP contribution in [0.15, 0.2) is 6.20 Å². The summed E-state index contributed by atoms with van der Waals surface area (Å²) in [6, 6.07) is 0.168. The Morgan fingerprint density at radius 1 is 1.45 bits per heavy atom. The molecule has 2 amide bonds. The van der Waals surface area contributed by atoms with Gasteiger partial charge in [-0.15, -0.1) is 0 Å². The number of amides is 2. The predicted molar refractivity (Wildman–Crippen MR) is 87.9 cm³/mol. The van der Waals surface area contributed by atoms with E-state index >= 15 is 0 Å². The van der Waals surface area contributed by atoms with Gasteiger partial charge in [0.1, 0.15) is 5.69 Å². The number of nitrogens with one attached hydrogen (secondary N) is 2. The van der Waals surface area contributed by atoms with Crippen LogP contribution in [-0.2, 0) is 13.6 Å². The first-order chi connectivity index (χ1) is 10.3. The van der Waals surface area contributed by atoms with E-state index in [4.69, 9.17) is 11.6 Å². The number of rotatable bonds is 4. The Balaban J connectivity index is 1.81. The third-order valence-corrected chi connectivity index (χ3v) is 4.81. The number of nitrogens with zero attached hydrogens (tertiary/aromatic N) is 3. The summed E-state index contributed by atoms with van der Waals surface area (Å²) in [5.74, 6) is 0. The molecule has 2 rings (SSSR count). The largest absolute Gasteiger partial charge is 0.337 e. The maximum Gasteiger partial charge on any atom is 0.315 e. The van der Waals surface area contributed by atoms with Gasteiger partial charge in [0.2, 0.25) is 0 Å². The topological polar surface area (TPSA) is 62.2 Å². The van der Waals surface area contributed by atoms with Gasteiger partial charge in [0.05, 0.1) is 11.6 Å². The molecule has 1 unspecified atom stereocenters. The fourth-order valence-corrected chi connectivity index (χ4v) is 3.42. The van der Waals surface area contributed by atoms with Crippen LogP contribution in [0.1, 0.15) is 32.4 Å². The number of hydrogen-bond donors (Lipinski definition) is 2. The minimum atomic E-state index is -0.184. The summed E-state index contributed by atoms with van der Waals surface area (Å²) in [6.07, 6.45) is 4.12. The molecule has 0 aromatic carbocycles. The van der Waals surface area contributed by atoms with E-state index in [9.17, 15) is 4.79 Å². The monoisotopic (exact) mass is 327 g/mol. The van der Waals surface area contributed by atoms with Crippen molar-refractivity contribution in [2.45, 2.75) is 39.3 Å². The highest BCUT2D eigenvalue weighted by Gasteiger charge is 2.35. The molecule has 0 aliphatic carbocycles. The van der Waals surface area contributed by atoms with Crippen molar-refractivity contribution in [1.29, 1.82) is 0 Å². The lowest BCUT2D eigenvalue weighted by atomic mass is 9.76. The number of halogens is 1. The van der Waals surface area contributed by atoms with Crippen LogP contribution in [0.2, 0.25) is 5.02 Å². The number of aromatic nitrogens is 2. The maximum absolute atomic E-state index is 12.0. The summed E-state index contributed by atoms with van der Waals surface area (Å²) in [4.78, 5) is 14.3. The Labute approximate surface area is 137 Å². The van der Waals surface area contributed by atoms with E-state index in [1.807, 2.05) is 0 Å². The van der Waals surface area contributed by atoms with Gasteiger partial charge in [0, 0.05) is 25.8 Å². The number of carbonyl (C=O) groups excluding carboxylic acids is 1. The zero-order chi connectivity index (χ0) is 16.3. The van der Waals surface area contributed by atoms with Crippen LogP contribution < -0.4 is 10.6 Å². The molecule has 6 nitrogen and oxygen atoms in total. The SMILES string of the molecule is CN1CCCC(C)(C)C1CNC(=O)NCc1nn(C)cc1Cl. The highest BCUT2D eigenvalue weighted by atomic mass is 35.5. The van der Waals surface area contributed by atoms with E-state index in [0.717, 1.165) is 6.54 Å². The Morgan fingerprint density at radius 3 is 2.77 bits per heavy atom. The van der Waals surface area contributed by atoms with Crippen LogP contribution in [0.25, 0.3) is 0 Å². The second-order valence-electron chi connectivity index (χ2n) is 6.75. The fraction of sp³-hybridized carbons (Fsp3) is 0.733. The molecule has 1 saturated heterocycles. The summed E-state index contributed by atoms with van der Waals surface area (Å²) < 4.78 is 1.64. The highest BCUT2D eigenvalue weighted by Crippen LogP contribution is 2.33. The predicted octanol–water partition coefficient (Wildman–Crippen LogP) is 1.99. The quantitative estimate of drug-likeness (QED) is 0.889. The molecule has 7 heteroatoms. The number of piperidine rings is 1. The van der Waals surface area contributed by atoms with Crippen molar-refractivity contribution < 1.29 is 4.79 Å². The molecule has 22 heavy (non-hydrogen) atoms. The molecule has 1 aromatic rings. The summed E-state index contributed by atoms with van der Waals surface area (Å²) in [5.41, 5.74) is 0.888. The van der Waals surface area contributed by atoms with E-state index in [1.165, 1.54) is 12.8 Å². The van der Waals surface area contributed by atoms with Crippen molar-refractivity contribution in [2.24, 2.45) is 12.5 Å². The molecule has 0 spiro atoms. The van der Waals surface area contributed by atoms with Gasteiger partial charge in [-0.1, -0.05) is 25.4 Å². The maximum atomic E-state index is 12.0. The van der Waals surface area contributed by atoms with Crippen LogP contribution in [0.4, 0.5) is 4.79 Å². The average molecular weight is 328 g/mol. The zero-order valence-corrected chi connectivity index (χ0v) is 14.6. The number of aryl methyl sites for hydroxylation is 1. The minimum Gasteiger partial charge on any atom is -0.337 e. The zero-order valence-electron chi connectivity index (χ0n) is 13.8. The summed E-state index contributed by atoms with van der Waals surface area (Å²) >= 11 is 6.02. The van der Waals surface area contributed by atoms with E-state index in [1.54, 1.807) is 17.9 Å². The van der Waals surface area contributed by atoms with E-state index < -0.39 is 0 Å². The fourth-order valence-electron chi connectivity index (χ4n) is 3.18. The van der Waals surface area contributed by atoms with Crippen molar-refractivity contribution in [3.8, 4) is 0 Å². The Hall–Kier alpha value is -1.27. The minimum absolute atomic E-state index is 0.184. The summed E-state index contributed by atoms with van der Waals surface area (Å²) in [6.45, 7) is 6.59. The molecule has 2 heterocycles. The third kappa shape index (κ3) is 4.14. The lowest BCUT2D eigenvalue weighted by Crippen LogP contribution is -2.54. The van der Waals surface area contributed by atoms with Crippen LogP contribution in [0.3, 0.4) is 0 Å². The molecule has 1 fully saturated rings. The van der Waals surface area contributed by atoms with Gasteiger partial charge >= 0.3 is 6.03 Å². The molecule has 1 aromatic heterocycles. The molecule has 124 valence electrons. The van der Waals surface area contributed by atoms with Crippen molar-refractivity contribution in [1.82, 2.24) is 25.3 Å². The van der Waals surface area contributed by atoms with Crippen molar-refractivity contribution >= 4 is 17.6 Å². The van der Waals surface area contributed by atoms with Crippen LogP contribution >= 0.6 is 11.6 Å². The normalized spacial score (nSPS) is 21.6. The standard InChI is InChI=1S/C15H26ClN5O/c1-15(2)6-5-7-20(3)13(15)9-18-14(22)17-8-12-11(16)10-21(4)19-12/h10,13H,5-9H2,1-4H3,(H2,17,18,22). The molecule has 0 radical (unpaired) electrons. The third-order valence-electron chi connectivity index (χ3n) is 4.49. The van der Waals surface area contributed by atoms with Gasteiger partial charge < -0.3 is 15.5 Å². The van der Waals surface area contributed by atoms with Crippen LogP contribution in [0.5, 0.6) is 0 Å². The summed E-state index contributed by atoms with van der Waals surface area (Å²) in [7, 11) is 3.93. The molecule has 1 aliphatic heterocycles. The molecule has 0 saturated carbocycles. The molecule has 1 atom stereocenters. The van der Waals surface area contributed by atoms with Gasteiger partial charge in [0.25, 0.3) is 0 Å². The Bertz CT molecular complexity index is 528. The number of likely N-dealkylation sites (tertiary alicyclic amines) is 1. The van der Waals surface area contributed by atoms with E-state index in [-0.39, 0.29) is 11.4 Å². The molecule has 1 aliphatic rings.